The molecule has 0 atom stereocenters. The number of aromatic hydroxyl groups is 1. The summed E-state index contributed by atoms with van der Waals surface area (Å²) >= 11 is 0. The first kappa shape index (κ1) is 22.5. The minimum atomic E-state index is 0.0571. The minimum Gasteiger partial charge on any atom is -0.504 e. The van der Waals surface area contributed by atoms with E-state index >= 15 is 0 Å². The lowest BCUT2D eigenvalue weighted by atomic mass is 10.0. The third kappa shape index (κ3) is 3.20. The Hall–Kier alpha value is -5.49. The van der Waals surface area contributed by atoms with Crippen molar-refractivity contribution in [2.45, 2.75) is 6.92 Å². The van der Waals surface area contributed by atoms with Gasteiger partial charge < -0.3 is 5.11 Å². The van der Waals surface area contributed by atoms with Crippen LogP contribution in [0.25, 0.3) is 66.9 Å². The first-order valence-corrected chi connectivity index (χ1v) is 13.2. The van der Waals surface area contributed by atoms with Crippen LogP contribution in [0.5, 0.6) is 5.75 Å². The van der Waals surface area contributed by atoms with E-state index in [1.165, 1.54) is 0 Å². The summed E-state index contributed by atoms with van der Waals surface area (Å²) < 4.78 is 4.20. The molecule has 0 aliphatic rings. The van der Waals surface area contributed by atoms with Gasteiger partial charge in [0, 0.05) is 28.1 Å². The molecular weight excluding hydrogens is 494 g/mol. The highest BCUT2D eigenvalue weighted by atomic mass is 16.3. The number of hydrogen-bond donors (Lipinski definition) is 1. The molecule has 8 rings (SSSR count). The largest absolute Gasteiger partial charge is 0.504 e. The van der Waals surface area contributed by atoms with E-state index in [1.807, 2.05) is 91.9 Å². The average Bonchev–Trinajstić information content (AvgIpc) is 3.54. The van der Waals surface area contributed by atoms with E-state index in [0.717, 1.165) is 55.2 Å². The molecule has 6 nitrogen and oxygen atoms in total. The Balaban J connectivity index is 1.55. The van der Waals surface area contributed by atoms with Crippen molar-refractivity contribution >= 4 is 38.5 Å². The van der Waals surface area contributed by atoms with Gasteiger partial charge in [0.05, 0.1) is 16.6 Å². The summed E-state index contributed by atoms with van der Waals surface area (Å²) in [4.78, 5) is 15.1. The zero-order valence-corrected chi connectivity index (χ0v) is 21.7. The van der Waals surface area contributed by atoms with Crippen LogP contribution < -0.4 is 0 Å². The Morgan fingerprint density at radius 3 is 2.17 bits per heavy atom. The molecule has 0 radical (unpaired) electrons. The highest BCUT2D eigenvalue weighted by molar-refractivity contribution is 6.14. The molecule has 6 heteroatoms. The Bertz CT molecular complexity index is 2250. The Morgan fingerprint density at radius 2 is 1.32 bits per heavy atom. The fourth-order valence-electron chi connectivity index (χ4n) is 5.74. The third-order valence-electron chi connectivity index (χ3n) is 7.63. The number of imidazole rings is 1. The van der Waals surface area contributed by atoms with E-state index in [2.05, 4.69) is 39.4 Å². The van der Waals surface area contributed by atoms with E-state index < -0.39 is 0 Å². The second kappa shape index (κ2) is 8.51. The fourth-order valence-corrected chi connectivity index (χ4v) is 5.74. The quantitative estimate of drug-likeness (QED) is 0.260. The van der Waals surface area contributed by atoms with Crippen LogP contribution in [0.2, 0.25) is 0 Å². The second-order valence-corrected chi connectivity index (χ2v) is 9.98. The predicted octanol–water partition coefficient (Wildman–Crippen LogP) is 7.72. The molecular formula is C34H23N5O. The van der Waals surface area contributed by atoms with E-state index in [1.54, 1.807) is 0 Å². The molecule has 0 unspecified atom stereocenters. The van der Waals surface area contributed by atoms with Gasteiger partial charge in [0.25, 0.3) is 0 Å². The van der Waals surface area contributed by atoms with Gasteiger partial charge in [0.1, 0.15) is 16.9 Å². The fraction of sp³-hybridized carbons (Fsp3) is 0.0294. The number of para-hydroxylation sites is 3. The van der Waals surface area contributed by atoms with Gasteiger partial charge in [0.15, 0.2) is 11.4 Å². The lowest BCUT2D eigenvalue weighted by molar-refractivity contribution is 0.474. The summed E-state index contributed by atoms with van der Waals surface area (Å²) in [6.07, 6.45) is 2.08. The molecule has 0 saturated heterocycles. The lowest BCUT2D eigenvalue weighted by Gasteiger charge is -2.15. The minimum absolute atomic E-state index is 0.0571. The van der Waals surface area contributed by atoms with Gasteiger partial charge in [0.2, 0.25) is 5.95 Å². The summed E-state index contributed by atoms with van der Waals surface area (Å²) in [5.41, 5.74) is 8.34. The molecule has 0 bridgehead atoms. The van der Waals surface area contributed by atoms with Crippen LogP contribution in [0.15, 0.2) is 115 Å². The summed E-state index contributed by atoms with van der Waals surface area (Å²) in [5.74, 6) is 0.531. The summed E-state index contributed by atoms with van der Waals surface area (Å²) in [6.45, 7) is 2.03. The molecule has 1 N–H and O–H groups in total. The molecule has 0 fully saturated rings. The van der Waals surface area contributed by atoms with Gasteiger partial charge in [-0.25, -0.2) is 15.0 Å². The number of aryl methyl sites for hydroxylation is 1. The number of aromatic nitrogens is 5. The van der Waals surface area contributed by atoms with Crippen molar-refractivity contribution in [1.82, 2.24) is 23.9 Å². The number of hydrogen-bond acceptors (Lipinski definition) is 4. The van der Waals surface area contributed by atoms with Crippen LogP contribution in [0.3, 0.4) is 0 Å². The number of fused-ring (bicyclic) bond motifs is 7. The van der Waals surface area contributed by atoms with Gasteiger partial charge in [-0.1, -0.05) is 84.9 Å². The maximum Gasteiger partial charge on any atom is 0.236 e. The first-order valence-electron chi connectivity index (χ1n) is 13.2. The molecule has 40 heavy (non-hydrogen) atoms. The molecule has 0 aliphatic heterocycles. The van der Waals surface area contributed by atoms with Crippen molar-refractivity contribution in [3.63, 3.8) is 0 Å². The highest BCUT2D eigenvalue weighted by Crippen LogP contribution is 2.40. The van der Waals surface area contributed by atoms with Crippen molar-refractivity contribution < 1.29 is 5.11 Å². The summed E-state index contributed by atoms with van der Waals surface area (Å²) in [5, 5.41) is 13.7. The Morgan fingerprint density at radius 1 is 0.625 bits per heavy atom. The molecule has 4 heterocycles. The van der Waals surface area contributed by atoms with Gasteiger partial charge in [-0.15, -0.1) is 0 Å². The molecule has 0 amide bonds. The Kier molecular flexibility index (Phi) is 4.79. The molecule has 190 valence electrons. The van der Waals surface area contributed by atoms with Crippen LogP contribution in [-0.2, 0) is 0 Å². The van der Waals surface area contributed by atoms with Crippen LogP contribution in [0.4, 0.5) is 0 Å². The van der Waals surface area contributed by atoms with Crippen molar-refractivity contribution in [2.75, 3.05) is 0 Å². The number of benzene rings is 4. The van der Waals surface area contributed by atoms with E-state index in [-0.39, 0.29) is 5.75 Å². The summed E-state index contributed by atoms with van der Waals surface area (Å²) in [7, 11) is 0. The van der Waals surface area contributed by atoms with Crippen molar-refractivity contribution in [2.24, 2.45) is 0 Å². The Labute approximate surface area is 229 Å². The average molecular weight is 518 g/mol. The molecule has 8 aromatic rings. The van der Waals surface area contributed by atoms with Gasteiger partial charge in [-0.05, 0) is 36.8 Å². The van der Waals surface area contributed by atoms with Crippen LogP contribution in [0, 0.1) is 6.92 Å². The van der Waals surface area contributed by atoms with Gasteiger partial charge in [-0.2, -0.15) is 0 Å². The molecule has 0 spiro atoms. The predicted molar refractivity (Wildman–Crippen MR) is 160 cm³/mol. The van der Waals surface area contributed by atoms with E-state index in [4.69, 9.17) is 15.0 Å². The maximum absolute atomic E-state index is 11.6. The number of pyridine rings is 1. The SMILES string of the molecule is Cc1ccccc1-c1nc(-n2c3ccccc3c3ccn4c5ccccc5nc4c32)nc(-c2ccccc2)c1O. The number of rotatable bonds is 3. The zero-order valence-electron chi connectivity index (χ0n) is 21.7. The molecule has 4 aromatic heterocycles. The van der Waals surface area contributed by atoms with Crippen LogP contribution in [-0.4, -0.2) is 29.0 Å². The van der Waals surface area contributed by atoms with Crippen molar-refractivity contribution in [3.05, 3.63) is 121 Å². The van der Waals surface area contributed by atoms with E-state index in [0.29, 0.717) is 17.3 Å². The summed E-state index contributed by atoms with van der Waals surface area (Å²) in [6, 6.07) is 36.3. The van der Waals surface area contributed by atoms with Crippen LogP contribution >= 0.6 is 0 Å². The van der Waals surface area contributed by atoms with Crippen molar-refractivity contribution in [1.29, 1.82) is 0 Å². The molecule has 0 aliphatic carbocycles. The van der Waals surface area contributed by atoms with Crippen LogP contribution in [0.1, 0.15) is 5.56 Å². The monoisotopic (exact) mass is 517 g/mol. The molecule has 0 saturated carbocycles. The van der Waals surface area contributed by atoms with E-state index in [9.17, 15) is 5.11 Å². The smallest absolute Gasteiger partial charge is 0.236 e. The standard InChI is InChI=1S/C34H23N5O/c1-21-11-5-6-14-23(21)30-32(40)29(22-12-3-2-4-13-22)36-34(37-30)39-27-17-9-7-15-24(27)25-19-20-38-28-18-10-8-16-26(28)35-33(38)31(25)39/h2-20,40H,1H3. The highest BCUT2D eigenvalue weighted by Gasteiger charge is 2.23. The first-order chi connectivity index (χ1) is 19.7. The normalized spacial score (nSPS) is 11.7. The van der Waals surface area contributed by atoms with Gasteiger partial charge in [-0.3, -0.25) is 8.97 Å². The molecule has 4 aromatic carbocycles. The second-order valence-electron chi connectivity index (χ2n) is 9.98. The topological polar surface area (TPSA) is 68.2 Å². The number of nitrogens with zero attached hydrogens (tertiary/aromatic N) is 5. The van der Waals surface area contributed by atoms with Gasteiger partial charge >= 0.3 is 0 Å². The maximum atomic E-state index is 11.6. The zero-order chi connectivity index (χ0) is 26.8. The van der Waals surface area contributed by atoms with Crippen molar-refractivity contribution in [3.8, 4) is 34.2 Å². The third-order valence-corrected chi connectivity index (χ3v) is 7.63. The lowest BCUT2D eigenvalue weighted by Crippen LogP contribution is -2.05.